The number of methoxy groups -OCH3 is 1. The van der Waals surface area contributed by atoms with Gasteiger partial charge in [0.15, 0.2) is 5.96 Å². The van der Waals surface area contributed by atoms with Gasteiger partial charge in [0.25, 0.3) is 0 Å². The molecule has 1 aromatic carbocycles. The van der Waals surface area contributed by atoms with E-state index in [0.29, 0.717) is 16.3 Å². The van der Waals surface area contributed by atoms with E-state index in [9.17, 15) is 18.0 Å². The second-order valence-electron chi connectivity index (χ2n) is 4.42. The number of halogens is 4. The standard InChI is InChI=1S/C13H17F3N4O2.HI/c1-20(8-13(14,15)16)11(21)7-18-12(17)19-9-3-5-10(22-2)6-4-9;/h3-6H,7-8H2,1-2H3,(H3,17,18,19);1H. The Balaban J connectivity index is 0.00000484. The van der Waals surface area contributed by atoms with Crippen molar-refractivity contribution < 1.29 is 22.7 Å². The molecule has 0 radical (unpaired) electrons. The van der Waals surface area contributed by atoms with Crippen LogP contribution >= 0.6 is 24.0 Å². The van der Waals surface area contributed by atoms with Gasteiger partial charge >= 0.3 is 6.18 Å². The van der Waals surface area contributed by atoms with Gasteiger partial charge in [-0.2, -0.15) is 13.2 Å². The molecule has 0 heterocycles. The van der Waals surface area contributed by atoms with Crippen molar-refractivity contribution in [3.05, 3.63) is 24.3 Å². The molecule has 0 aliphatic rings. The van der Waals surface area contributed by atoms with Crippen LogP contribution in [0.25, 0.3) is 0 Å². The number of hydrogen-bond donors (Lipinski definition) is 2. The van der Waals surface area contributed by atoms with Crippen molar-refractivity contribution in [2.45, 2.75) is 6.18 Å². The van der Waals surface area contributed by atoms with Gasteiger partial charge in [-0.1, -0.05) is 0 Å². The van der Waals surface area contributed by atoms with E-state index in [1.54, 1.807) is 24.3 Å². The summed E-state index contributed by atoms with van der Waals surface area (Å²) in [7, 11) is 2.58. The minimum atomic E-state index is -4.44. The van der Waals surface area contributed by atoms with Crippen LogP contribution in [0.4, 0.5) is 18.9 Å². The van der Waals surface area contributed by atoms with Crippen molar-refractivity contribution in [3.63, 3.8) is 0 Å². The van der Waals surface area contributed by atoms with Crippen molar-refractivity contribution in [2.24, 2.45) is 10.7 Å². The molecule has 0 bridgehead atoms. The van der Waals surface area contributed by atoms with Crippen molar-refractivity contribution in [1.29, 1.82) is 0 Å². The van der Waals surface area contributed by atoms with Crippen LogP contribution in [0.3, 0.4) is 0 Å². The molecule has 0 atom stereocenters. The largest absolute Gasteiger partial charge is 0.497 e. The molecule has 0 aliphatic heterocycles. The first kappa shape index (κ1) is 21.3. The maximum absolute atomic E-state index is 12.1. The van der Waals surface area contributed by atoms with Gasteiger partial charge in [-0.15, -0.1) is 24.0 Å². The summed E-state index contributed by atoms with van der Waals surface area (Å²) in [5.74, 6) is -0.194. The monoisotopic (exact) mass is 446 g/mol. The van der Waals surface area contributed by atoms with Crippen LogP contribution in [0.2, 0.25) is 0 Å². The van der Waals surface area contributed by atoms with Crippen molar-refractivity contribution in [3.8, 4) is 5.75 Å². The Morgan fingerprint density at radius 3 is 2.39 bits per heavy atom. The lowest BCUT2D eigenvalue weighted by Crippen LogP contribution is -2.37. The number of aliphatic imine (C=N–C) groups is 1. The zero-order valence-electron chi connectivity index (χ0n) is 12.6. The molecule has 0 fully saturated rings. The van der Waals surface area contributed by atoms with Crippen LogP contribution in [0, 0.1) is 0 Å². The number of ether oxygens (including phenoxy) is 1. The highest BCUT2D eigenvalue weighted by Gasteiger charge is 2.30. The second kappa shape index (κ2) is 9.43. The smallest absolute Gasteiger partial charge is 0.406 e. The Morgan fingerprint density at radius 1 is 1.35 bits per heavy atom. The number of nitrogens with two attached hydrogens (primary N) is 1. The summed E-state index contributed by atoms with van der Waals surface area (Å²) in [6, 6.07) is 6.74. The van der Waals surface area contributed by atoms with E-state index in [1.807, 2.05) is 0 Å². The number of rotatable bonds is 5. The summed E-state index contributed by atoms with van der Waals surface area (Å²) in [4.78, 5) is 15.7. The predicted octanol–water partition coefficient (Wildman–Crippen LogP) is 2.06. The molecule has 1 rings (SSSR count). The SMILES string of the molecule is COc1ccc(NC(N)=NCC(=O)N(C)CC(F)(F)F)cc1.I. The van der Waals surface area contributed by atoms with Crippen molar-refractivity contribution >= 4 is 41.5 Å². The zero-order valence-corrected chi connectivity index (χ0v) is 14.9. The Labute approximate surface area is 148 Å². The first-order valence-electron chi connectivity index (χ1n) is 6.23. The summed E-state index contributed by atoms with van der Waals surface area (Å²) < 4.78 is 41.4. The number of carbonyl (C=O) groups excluding carboxylic acids is 1. The number of nitrogens with one attached hydrogen (secondary N) is 1. The molecule has 0 aliphatic carbocycles. The summed E-state index contributed by atoms with van der Waals surface area (Å²) in [6.45, 7) is -1.80. The highest BCUT2D eigenvalue weighted by Crippen LogP contribution is 2.16. The third-order valence-electron chi connectivity index (χ3n) is 2.59. The lowest BCUT2D eigenvalue weighted by atomic mass is 10.3. The van der Waals surface area contributed by atoms with Gasteiger partial charge in [-0.05, 0) is 24.3 Å². The van der Waals surface area contributed by atoms with Crippen LogP contribution in [0.5, 0.6) is 5.75 Å². The lowest BCUT2D eigenvalue weighted by Gasteiger charge is -2.17. The molecule has 3 N–H and O–H groups in total. The van der Waals surface area contributed by atoms with Crippen molar-refractivity contribution in [2.75, 3.05) is 32.6 Å². The topological polar surface area (TPSA) is 80.0 Å². The molecule has 1 amide bonds. The van der Waals surface area contributed by atoms with Gasteiger partial charge in [-0.3, -0.25) is 4.79 Å². The molecule has 6 nitrogen and oxygen atoms in total. The molecule has 10 heteroatoms. The van der Waals surface area contributed by atoms with E-state index >= 15 is 0 Å². The van der Waals surface area contributed by atoms with Gasteiger partial charge in [0, 0.05) is 12.7 Å². The van der Waals surface area contributed by atoms with Crippen LogP contribution in [-0.4, -0.2) is 50.2 Å². The number of amides is 1. The Hall–Kier alpha value is -1.72. The molecule has 0 saturated carbocycles. The number of likely N-dealkylation sites (N-methyl/N-ethyl adjacent to an activating group) is 1. The normalized spacial score (nSPS) is 11.4. The first-order chi connectivity index (χ1) is 10.2. The van der Waals surface area contributed by atoms with E-state index < -0.39 is 25.2 Å². The number of hydrogen-bond acceptors (Lipinski definition) is 3. The molecule has 0 spiro atoms. The number of carbonyl (C=O) groups is 1. The summed E-state index contributed by atoms with van der Waals surface area (Å²) >= 11 is 0. The van der Waals surface area contributed by atoms with Crippen molar-refractivity contribution in [1.82, 2.24) is 4.90 Å². The third kappa shape index (κ3) is 8.47. The summed E-state index contributed by atoms with van der Waals surface area (Å²) in [6.07, 6.45) is -4.44. The number of anilines is 1. The van der Waals surface area contributed by atoms with E-state index in [4.69, 9.17) is 10.5 Å². The number of benzene rings is 1. The fraction of sp³-hybridized carbons (Fsp3) is 0.385. The first-order valence-corrected chi connectivity index (χ1v) is 6.23. The second-order valence-corrected chi connectivity index (χ2v) is 4.42. The molecule has 0 saturated heterocycles. The van der Waals surface area contributed by atoms with Gasteiger partial charge in [-0.25, -0.2) is 4.99 Å². The zero-order chi connectivity index (χ0) is 16.8. The lowest BCUT2D eigenvalue weighted by molar-refractivity contribution is -0.157. The molecular formula is C13H18F3IN4O2. The average molecular weight is 446 g/mol. The fourth-order valence-electron chi connectivity index (χ4n) is 1.49. The maximum atomic E-state index is 12.1. The molecule has 0 unspecified atom stereocenters. The Bertz CT molecular complexity index is 535. The van der Waals surface area contributed by atoms with E-state index in [1.165, 1.54) is 7.11 Å². The summed E-state index contributed by atoms with van der Waals surface area (Å²) in [5.41, 5.74) is 6.18. The molecule has 0 aromatic heterocycles. The van der Waals surface area contributed by atoms with E-state index in [2.05, 4.69) is 10.3 Å². The van der Waals surface area contributed by atoms with Gasteiger partial charge in [0.05, 0.1) is 7.11 Å². The molecular weight excluding hydrogens is 428 g/mol. The number of alkyl halides is 3. The minimum absolute atomic E-state index is 0. The van der Waals surface area contributed by atoms with Crippen LogP contribution in [0.1, 0.15) is 0 Å². The fourth-order valence-corrected chi connectivity index (χ4v) is 1.49. The average Bonchev–Trinajstić information content (AvgIpc) is 2.43. The van der Waals surface area contributed by atoms with Crippen LogP contribution in [0.15, 0.2) is 29.3 Å². The Morgan fingerprint density at radius 2 is 1.91 bits per heavy atom. The molecule has 130 valence electrons. The highest BCUT2D eigenvalue weighted by molar-refractivity contribution is 14.0. The van der Waals surface area contributed by atoms with E-state index in [0.717, 1.165) is 7.05 Å². The predicted molar refractivity (Wildman–Crippen MR) is 92.2 cm³/mol. The van der Waals surface area contributed by atoms with Crippen LogP contribution in [-0.2, 0) is 4.79 Å². The van der Waals surface area contributed by atoms with Gasteiger partial charge < -0.3 is 20.7 Å². The molecule has 23 heavy (non-hydrogen) atoms. The van der Waals surface area contributed by atoms with Gasteiger partial charge in [0.1, 0.15) is 18.8 Å². The van der Waals surface area contributed by atoms with Gasteiger partial charge in [0.2, 0.25) is 5.91 Å². The minimum Gasteiger partial charge on any atom is -0.497 e. The summed E-state index contributed by atoms with van der Waals surface area (Å²) in [5, 5.41) is 2.71. The van der Waals surface area contributed by atoms with E-state index in [-0.39, 0.29) is 29.9 Å². The quantitative estimate of drug-likeness (QED) is 0.413. The highest BCUT2D eigenvalue weighted by atomic mass is 127. The Kier molecular flexibility index (Phi) is 8.72. The maximum Gasteiger partial charge on any atom is 0.406 e. The molecule has 1 aromatic rings. The van der Waals surface area contributed by atoms with Crippen LogP contribution < -0.4 is 15.8 Å². The number of guanidine groups is 1. The third-order valence-corrected chi connectivity index (χ3v) is 2.59. The number of nitrogens with zero attached hydrogens (tertiary/aromatic N) is 2.